The predicted molar refractivity (Wildman–Crippen MR) is 60.0 cm³/mol. The molecular formula is C11H20N2O3. The highest BCUT2D eigenvalue weighted by atomic mass is 16.4. The highest BCUT2D eigenvalue weighted by Crippen LogP contribution is 2.15. The van der Waals surface area contributed by atoms with Crippen molar-refractivity contribution in [2.45, 2.75) is 45.2 Å². The molecule has 0 aliphatic carbocycles. The van der Waals surface area contributed by atoms with Crippen LogP contribution in [0.4, 0.5) is 0 Å². The normalized spacial score (nSPS) is 27.1. The molecule has 3 atom stereocenters. The van der Waals surface area contributed by atoms with E-state index in [9.17, 15) is 9.59 Å². The zero-order valence-corrected chi connectivity index (χ0v) is 9.82. The van der Waals surface area contributed by atoms with Crippen LogP contribution in [0.25, 0.3) is 0 Å². The first-order valence-electron chi connectivity index (χ1n) is 5.82. The summed E-state index contributed by atoms with van der Waals surface area (Å²) in [4.78, 5) is 22.6. The smallest absolute Gasteiger partial charge is 0.326 e. The summed E-state index contributed by atoms with van der Waals surface area (Å²) in [5.41, 5.74) is 0. The van der Waals surface area contributed by atoms with Gasteiger partial charge in [-0.05, 0) is 31.7 Å². The van der Waals surface area contributed by atoms with Gasteiger partial charge in [-0.3, -0.25) is 4.79 Å². The third-order valence-electron chi connectivity index (χ3n) is 3.07. The van der Waals surface area contributed by atoms with E-state index in [0.29, 0.717) is 6.42 Å². The molecule has 1 saturated heterocycles. The van der Waals surface area contributed by atoms with Crippen LogP contribution in [0.5, 0.6) is 0 Å². The average Bonchev–Trinajstić information content (AvgIpc) is 2.25. The van der Waals surface area contributed by atoms with E-state index in [1.54, 1.807) is 6.92 Å². The molecule has 0 saturated carbocycles. The van der Waals surface area contributed by atoms with Crippen molar-refractivity contribution in [3.8, 4) is 0 Å². The van der Waals surface area contributed by atoms with E-state index < -0.39 is 12.0 Å². The summed E-state index contributed by atoms with van der Waals surface area (Å²) in [6.45, 7) is 4.58. The lowest BCUT2D eigenvalue weighted by Crippen LogP contribution is -2.54. The van der Waals surface area contributed by atoms with Crippen LogP contribution in [0, 0.1) is 5.92 Å². The Morgan fingerprint density at radius 3 is 2.75 bits per heavy atom. The lowest BCUT2D eigenvalue weighted by molar-refractivity contribution is -0.142. The summed E-state index contributed by atoms with van der Waals surface area (Å²) >= 11 is 0. The Labute approximate surface area is 95.6 Å². The molecule has 0 aromatic carbocycles. The van der Waals surface area contributed by atoms with E-state index in [2.05, 4.69) is 10.6 Å². The van der Waals surface area contributed by atoms with Gasteiger partial charge in [0.05, 0.1) is 6.04 Å². The van der Waals surface area contributed by atoms with Gasteiger partial charge in [-0.1, -0.05) is 13.8 Å². The molecule has 0 bridgehead atoms. The number of hydrogen-bond acceptors (Lipinski definition) is 3. The summed E-state index contributed by atoms with van der Waals surface area (Å²) in [6.07, 6.45) is 2.48. The second-order valence-electron chi connectivity index (χ2n) is 4.36. The zero-order chi connectivity index (χ0) is 12.1. The first-order chi connectivity index (χ1) is 7.56. The van der Waals surface area contributed by atoms with E-state index in [0.717, 1.165) is 19.4 Å². The number of carbonyl (C=O) groups is 2. The Hall–Kier alpha value is -1.10. The first-order valence-corrected chi connectivity index (χ1v) is 5.82. The van der Waals surface area contributed by atoms with E-state index in [-0.39, 0.29) is 17.9 Å². The number of hydrogen-bond donors (Lipinski definition) is 3. The van der Waals surface area contributed by atoms with Gasteiger partial charge in [0, 0.05) is 0 Å². The maximum atomic E-state index is 11.8. The van der Waals surface area contributed by atoms with Gasteiger partial charge >= 0.3 is 5.97 Å². The number of rotatable bonds is 4. The van der Waals surface area contributed by atoms with Crippen LogP contribution in [0.15, 0.2) is 0 Å². The van der Waals surface area contributed by atoms with E-state index in [1.165, 1.54) is 0 Å². The third kappa shape index (κ3) is 3.20. The second kappa shape index (κ2) is 5.84. The molecule has 0 aromatic heterocycles. The largest absolute Gasteiger partial charge is 0.480 e. The minimum absolute atomic E-state index is 0.193. The van der Waals surface area contributed by atoms with Gasteiger partial charge < -0.3 is 15.7 Å². The maximum Gasteiger partial charge on any atom is 0.326 e. The predicted octanol–water partition coefficient (Wildman–Crippen LogP) is 0.354. The molecule has 3 unspecified atom stereocenters. The lowest BCUT2D eigenvalue weighted by atomic mass is 9.92. The molecule has 1 aliphatic heterocycles. The van der Waals surface area contributed by atoms with Crippen molar-refractivity contribution in [2.75, 3.05) is 6.54 Å². The molecule has 0 aromatic rings. The number of nitrogens with one attached hydrogen (secondary N) is 2. The topological polar surface area (TPSA) is 78.4 Å². The Morgan fingerprint density at radius 1 is 1.56 bits per heavy atom. The molecule has 1 amide bonds. The van der Waals surface area contributed by atoms with Crippen molar-refractivity contribution < 1.29 is 14.7 Å². The summed E-state index contributed by atoms with van der Waals surface area (Å²) in [7, 11) is 0. The van der Waals surface area contributed by atoms with Gasteiger partial charge in [0.15, 0.2) is 0 Å². The highest BCUT2D eigenvalue weighted by Gasteiger charge is 2.29. The maximum absolute atomic E-state index is 11.8. The third-order valence-corrected chi connectivity index (χ3v) is 3.07. The standard InChI is InChI=1S/C11H20N2O3/c1-3-8(11(15)16)13-10(14)9-7(2)5-4-6-12-9/h7-9,12H,3-6H2,1-2H3,(H,13,14)(H,15,16). The summed E-state index contributed by atoms with van der Waals surface area (Å²) in [5, 5.41) is 14.5. The summed E-state index contributed by atoms with van der Waals surface area (Å²) < 4.78 is 0. The van der Waals surface area contributed by atoms with Gasteiger partial charge in [0.1, 0.15) is 6.04 Å². The molecule has 5 nitrogen and oxygen atoms in total. The van der Waals surface area contributed by atoms with Crippen LogP contribution in [-0.4, -0.2) is 35.6 Å². The van der Waals surface area contributed by atoms with Crippen molar-refractivity contribution >= 4 is 11.9 Å². The number of piperidine rings is 1. The second-order valence-corrected chi connectivity index (χ2v) is 4.36. The number of carboxylic acid groups (broad SMARTS) is 1. The molecule has 1 rings (SSSR count). The van der Waals surface area contributed by atoms with Crippen LogP contribution in [0.2, 0.25) is 0 Å². The molecule has 3 N–H and O–H groups in total. The molecule has 1 aliphatic rings. The van der Waals surface area contributed by atoms with Crippen molar-refractivity contribution in [1.82, 2.24) is 10.6 Å². The Bertz CT molecular complexity index is 268. The van der Waals surface area contributed by atoms with E-state index in [1.807, 2.05) is 6.92 Å². The fourth-order valence-corrected chi connectivity index (χ4v) is 2.00. The average molecular weight is 228 g/mol. The van der Waals surface area contributed by atoms with Gasteiger partial charge in [-0.25, -0.2) is 4.79 Å². The van der Waals surface area contributed by atoms with Crippen LogP contribution in [0.3, 0.4) is 0 Å². The number of aliphatic carboxylic acids is 1. The van der Waals surface area contributed by atoms with Crippen LogP contribution < -0.4 is 10.6 Å². The van der Waals surface area contributed by atoms with E-state index >= 15 is 0 Å². The summed E-state index contributed by atoms with van der Waals surface area (Å²) in [6, 6.07) is -1.02. The minimum atomic E-state index is -0.973. The van der Waals surface area contributed by atoms with Gasteiger partial charge in [0.2, 0.25) is 5.91 Å². The highest BCUT2D eigenvalue weighted by molar-refractivity contribution is 5.87. The summed E-state index contributed by atoms with van der Waals surface area (Å²) in [5.74, 6) is -0.902. The monoisotopic (exact) mass is 228 g/mol. The van der Waals surface area contributed by atoms with Gasteiger partial charge in [-0.15, -0.1) is 0 Å². The molecule has 16 heavy (non-hydrogen) atoms. The number of carbonyl (C=O) groups excluding carboxylic acids is 1. The van der Waals surface area contributed by atoms with E-state index in [4.69, 9.17) is 5.11 Å². The van der Waals surface area contributed by atoms with Crippen molar-refractivity contribution in [1.29, 1.82) is 0 Å². The molecule has 0 spiro atoms. The molecule has 0 radical (unpaired) electrons. The van der Waals surface area contributed by atoms with Crippen molar-refractivity contribution in [3.63, 3.8) is 0 Å². The van der Waals surface area contributed by atoms with Crippen LogP contribution in [-0.2, 0) is 9.59 Å². The Morgan fingerprint density at radius 2 is 2.25 bits per heavy atom. The van der Waals surface area contributed by atoms with Crippen molar-refractivity contribution in [3.05, 3.63) is 0 Å². The lowest BCUT2D eigenvalue weighted by Gasteiger charge is -2.29. The minimum Gasteiger partial charge on any atom is -0.480 e. The first kappa shape index (κ1) is 13.0. The molecule has 1 fully saturated rings. The molecule has 92 valence electrons. The Kier molecular flexibility index (Phi) is 4.73. The van der Waals surface area contributed by atoms with Crippen LogP contribution >= 0.6 is 0 Å². The fraction of sp³-hybridized carbons (Fsp3) is 0.818. The Balaban J connectivity index is 2.52. The number of carboxylic acids is 1. The SMILES string of the molecule is CCC(NC(=O)C1NCCCC1C)C(=O)O. The van der Waals surface area contributed by atoms with Crippen LogP contribution in [0.1, 0.15) is 33.1 Å². The quantitative estimate of drug-likeness (QED) is 0.649. The van der Waals surface area contributed by atoms with Gasteiger partial charge in [-0.2, -0.15) is 0 Å². The molecular weight excluding hydrogens is 208 g/mol. The molecule has 1 heterocycles. The zero-order valence-electron chi connectivity index (χ0n) is 9.82. The van der Waals surface area contributed by atoms with Gasteiger partial charge in [0.25, 0.3) is 0 Å². The van der Waals surface area contributed by atoms with Crippen molar-refractivity contribution in [2.24, 2.45) is 5.92 Å². The fourth-order valence-electron chi connectivity index (χ4n) is 2.00. The molecule has 5 heteroatoms. The number of amides is 1.